The molecular weight excluding hydrogens is 244 g/mol. The van der Waals surface area contributed by atoms with Crippen LogP contribution in [0, 0.1) is 12.8 Å². The largest absolute Gasteiger partial charge is 0.398 e. The molecule has 0 saturated heterocycles. The van der Waals surface area contributed by atoms with Gasteiger partial charge in [-0.2, -0.15) is 0 Å². The molecule has 0 aromatic heterocycles. The van der Waals surface area contributed by atoms with Crippen LogP contribution in [0.1, 0.15) is 25.8 Å². The maximum atomic E-state index is 11.6. The number of thioether (sulfide) groups is 1. The third-order valence-corrected chi connectivity index (χ3v) is 3.76. The number of anilines is 1. The van der Waals surface area contributed by atoms with E-state index in [1.165, 1.54) is 11.8 Å². The van der Waals surface area contributed by atoms with Crippen LogP contribution in [0.2, 0.25) is 0 Å². The van der Waals surface area contributed by atoms with Crippen molar-refractivity contribution >= 4 is 23.4 Å². The molecule has 0 radical (unpaired) electrons. The molecular formula is C14H22N2OS. The van der Waals surface area contributed by atoms with Crippen molar-refractivity contribution in [2.24, 2.45) is 5.92 Å². The summed E-state index contributed by atoms with van der Waals surface area (Å²) >= 11 is 1.49. The number of carbonyl (C=O) groups excluding carboxylic acids is 1. The smallest absolute Gasteiger partial charge is 0.230 e. The molecule has 1 aromatic carbocycles. The summed E-state index contributed by atoms with van der Waals surface area (Å²) in [6.07, 6.45) is 1.02. The van der Waals surface area contributed by atoms with Gasteiger partial charge in [0.25, 0.3) is 0 Å². The summed E-state index contributed by atoms with van der Waals surface area (Å²) < 4.78 is 0. The molecule has 18 heavy (non-hydrogen) atoms. The van der Waals surface area contributed by atoms with Gasteiger partial charge in [0.2, 0.25) is 5.91 Å². The second-order valence-corrected chi connectivity index (χ2v) is 5.83. The number of nitrogens with two attached hydrogens (primary N) is 1. The number of amides is 1. The molecule has 1 aromatic rings. The molecule has 3 N–H and O–H groups in total. The highest BCUT2D eigenvalue weighted by Crippen LogP contribution is 2.26. The number of benzene rings is 1. The van der Waals surface area contributed by atoms with Crippen molar-refractivity contribution in [2.45, 2.75) is 32.1 Å². The summed E-state index contributed by atoms with van der Waals surface area (Å²) in [5.41, 5.74) is 7.79. The molecule has 0 bridgehead atoms. The van der Waals surface area contributed by atoms with E-state index < -0.39 is 0 Å². The quantitative estimate of drug-likeness (QED) is 0.615. The number of nitrogens with one attached hydrogen (secondary N) is 1. The van der Waals surface area contributed by atoms with Crippen molar-refractivity contribution in [2.75, 3.05) is 18.0 Å². The van der Waals surface area contributed by atoms with E-state index in [1.807, 2.05) is 25.1 Å². The van der Waals surface area contributed by atoms with E-state index in [-0.39, 0.29) is 5.91 Å². The molecule has 100 valence electrons. The van der Waals surface area contributed by atoms with Crippen LogP contribution in [0.3, 0.4) is 0 Å². The van der Waals surface area contributed by atoms with Crippen molar-refractivity contribution in [3.05, 3.63) is 23.8 Å². The molecule has 0 aliphatic carbocycles. The molecule has 0 aliphatic rings. The van der Waals surface area contributed by atoms with Gasteiger partial charge < -0.3 is 11.1 Å². The van der Waals surface area contributed by atoms with Crippen LogP contribution < -0.4 is 11.1 Å². The van der Waals surface area contributed by atoms with E-state index in [2.05, 4.69) is 19.2 Å². The third kappa shape index (κ3) is 5.00. The van der Waals surface area contributed by atoms with Gasteiger partial charge >= 0.3 is 0 Å². The van der Waals surface area contributed by atoms with Gasteiger partial charge in [-0.1, -0.05) is 26.0 Å². The predicted octanol–water partition coefficient (Wildman–Crippen LogP) is 2.83. The zero-order valence-corrected chi connectivity index (χ0v) is 12.1. The first-order valence-corrected chi connectivity index (χ1v) is 7.24. The molecule has 0 saturated carbocycles. The predicted molar refractivity (Wildman–Crippen MR) is 78.8 cm³/mol. The summed E-state index contributed by atoms with van der Waals surface area (Å²) in [5, 5.41) is 2.92. The van der Waals surface area contributed by atoms with Gasteiger partial charge in [-0.05, 0) is 30.9 Å². The lowest BCUT2D eigenvalue weighted by atomic mass is 10.1. The minimum absolute atomic E-state index is 0.0709. The Labute approximate surface area is 114 Å². The first-order valence-electron chi connectivity index (χ1n) is 6.25. The molecule has 0 spiro atoms. The second kappa shape index (κ2) is 7.31. The standard InChI is InChI=1S/C14H22N2OS/c1-10(2)7-8-16-13(17)9-18-12-6-4-5-11(3)14(12)15/h4-6,10H,7-9,15H2,1-3H3,(H,16,17). The van der Waals surface area contributed by atoms with E-state index in [4.69, 9.17) is 5.73 Å². The number of nitrogen functional groups attached to an aromatic ring is 1. The van der Waals surface area contributed by atoms with Crippen LogP contribution >= 0.6 is 11.8 Å². The highest BCUT2D eigenvalue weighted by molar-refractivity contribution is 8.00. The maximum absolute atomic E-state index is 11.6. The maximum Gasteiger partial charge on any atom is 0.230 e. The van der Waals surface area contributed by atoms with E-state index in [9.17, 15) is 4.79 Å². The minimum Gasteiger partial charge on any atom is -0.398 e. The number of para-hydroxylation sites is 1. The van der Waals surface area contributed by atoms with Crippen LogP contribution in [0.4, 0.5) is 5.69 Å². The van der Waals surface area contributed by atoms with Crippen molar-refractivity contribution in [1.29, 1.82) is 0 Å². The highest BCUT2D eigenvalue weighted by Gasteiger charge is 2.06. The van der Waals surface area contributed by atoms with Crippen LogP contribution in [-0.4, -0.2) is 18.2 Å². The Morgan fingerprint density at radius 3 is 2.83 bits per heavy atom. The molecule has 1 amide bonds. The lowest BCUT2D eigenvalue weighted by Gasteiger charge is -2.09. The average molecular weight is 266 g/mol. The van der Waals surface area contributed by atoms with Crippen LogP contribution in [0.25, 0.3) is 0 Å². The lowest BCUT2D eigenvalue weighted by molar-refractivity contribution is -0.118. The zero-order valence-electron chi connectivity index (χ0n) is 11.3. The summed E-state index contributed by atoms with van der Waals surface area (Å²) in [6.45, 7) is 7.02. The highest BCUT2D eigenvalue weighted by atomic mass is 32.2. The van der Waals surface area contributed by atoms with Gasteiger partial charge in [-0.15, -0.1) is 11.8 Å². The van der Waals surface area contributed by atoms with E-state index in [1.54, 1.807) is 0 Å². The summed E-state index contributed by atoms with van der Waals surface area (Å²) in [6, 6.07) is 5.89. The number of hydrogen-bond donors (Lipinski definition) is 2. The number of carbonyl (C=O) groups is 1. The van der Waals surface area contributed by atoms with Gasteiger partial charge in [0.1, 0.15) is 0 Å². The zero-order chi connectivity index (χ0) is 13.5. The van der Waals surface area contributed by atoms with Crippen LogP contribution in [0.5, 0.6) is 0 Å². The lowest BCUT2D eigenvalue weighted by Crippen LogP contribution is -2.26. The van der Waals surface area contributed by atoms with E-state index in [0.717, 1.165) is 29.1 Å². The SMILES string of the molecule is Cc1cccc(SCC(=O)NCCC(C)C)c1N. The fraction of sp³-hybridized carbons (Fsp3) is 0.500. The molecule has 0 aliphatic heterocycles. The van der Waals surface area contributed by atoms with Gasteiger partial charge in [-0.3, -0.25) is 4.79 Å². The van der Waals surface area contributed by atoms with E-state index >= 15 is 0 Å². The first kappa shape index (κ1) is 14.9. The Bertz CT molecular complexity index is 405. The monoisotopic (exact) mass is 266 g/mol. The molecule has 3 nitrogen and oxygen atoms in total. The van der Waals surface area contributed by atoms with Crippen LogP contribution in [-0.2, 0) is 4.79 Å². The Morgan fingerprint density at radius 2 is 2.17 bits per heavy atom. The third-order valence-electron chi connectivity index (χ3n) is 2.69. The van der Waals surface area contributed by atoms with Crippen molar-refractivity contribution in [3.63, 3.8) is 0 Å². The fourth-order valence-corrected chi connectivity index (χ4v) is 2.35. The molecule has 0 fully saturated rings. The average Bonchev–Trinajstić information content (AvgIpc) is 2.30. The Hall–Kier alpha value is -1.16. The Kier molecular flexibility index (Phi) is 6.05. The second-order valence-electron chi connectivity index (χ2n) is 4.81. The first-order chi connectivity index (χ1) is 8.50. The van der Waals surface area contributed by atoms with Crippen molar-refractivity contribution in [3.8, 4) is 0 Å². The normalized spacial score (nSPS) is 10.7. The fourth-order valence-electron chi connectivity index (χ4n) is 1.47. The van der Waals surface area contributed by atoms with Gasteiger partial charge in [0.15, 0.2) is 0 Å². The summed E-state index contributed by atoms with van der Waals surface area (Å²) in [7, 11) is 0. The molecule has 0 atom stereocenters. The number of rotatable bonds is 6. The van der Waals surface area contributed by atoms with Gasteiger partial charge in [0.05, 0.1) is 5.75 Å². The molecule has 0 heterocycles. The molecule has 4 heteroatoms. The summed E-state index contributed by atoms with van der Waals surface area (Å²) in [4.78, 5) is 12.6. The van der Waals surface area contributed by atoms with Gasteiger partial charge in [-0.25, -0.2) is 0 Å². The minimum atomic E-state index is 0.0709. The van der Waals surface area contributed by atoms with Crippen LogP contribution in [0.15, 0.2) is 23.1 Å². The van der Waals surface area contributed by atoms with Crippen molar-refractivity contribution in [1.82, 2.24) is 5.32 Å². The number of aryl methyl sites for hydroxylation is 1. The molecule has 1 rings (SSSR count). The van der Waals surface area contributed by atoms with E-state index in [0.29, 0.717) is 11.7 Å². The van der Waals surface area contributed by atoms with Gasteiger partial charge in [0, 0.05) is 17.1 Å². The Balaban J connectivity index is 2.36. The van der Waals surface area contributed by atoms with Crippen molar-refractivity contribution < 1.29 is 4.79 Å². The summed E-state index contributed by atoms with van der Waals surface area (Å²) in [5.74, 6) is 1.11. The topological polar surface area (TPSA) is 55.1 Å². The molecule has 0 unspecified atom stereocenters. The number of hydrogen-bond acceptors (Lipinski definition) is 3. The Morgan fingerprint density at radius 1 is 1.44 bits per heavy atom.